The van der Waals surface area contributed by atoms with Gasteiger partial charge < -0.3 is 5.32 Å². The van der Waals surface area contributed by atoms with E-state index in [-0.39, 0.29) is 11.2 Å². The molecule has 1 aromatic rings. The maximum absolute atomic E-state index is 13.1. The Labute approximate surface area is 116 Å². The molecule has 0 aliphatic rings. The minimum atomic E-state index is -0.183. The van der Waals surface area contributed by atoms with E-state index in [1.807, 2.05) is 12.1 Å². The fraction of sp³-hybridized carbons (Fsp3) is 0.529. The molecule has 2 heteroatoms. The lowest BCUT2D eigenvalue weighted by molar-refractivity contribution is 0.337. The second-order valence-electron chi connectivity index (χ2n) is 5.90. The molecule has 0 saturated carbocycles. The van der Waals surface area contributed by atoms with Crippen LogP contribution in [0.3, 0.4) is 0 Å². The molecule has 0 saturated heterocycles. The van der Waals surface area contributed by atoms with Gasteiger partial charge in [0.1, 0.15) is 5.82 Å². The molecule has 1 nitrogen and oxygen atoms in total. The summed E-state index contributed by atoms with van der Waals surface area (Å²) in [5.74, 6) is -0.183. The Balaban J connectivity index is 2.95. The van der Waals surface area contributed by atoms with E-state index in [2.05, 4.69) is 39.6 Å². The van der Waals surface area contributed by atoms with Crippen LogP contribution in [-0.2, 0) is 5.41 Å². The molecule has 0 aliphatic heterocycles. The normalized spacial score (nSPS) is 13.3. The van der Waals surface area contributed by atoms with E-state index < -0.39 is 0 Å². The van der Waals surface area contributed by atoms with Gasteiger partial charge in [0.05, 0.1) is 0 Å². The number of halogens is 1. The van der Waals surface area contributed by atoms with E-state index in [1.54, 1.807) is 0 Å². The highest BCUT2D eigenvalue weighted by molar-refractivity contribution is 5.27. The number of nitrogens with one attached hydrogen (secondary N) is 1. The molecular weight excluding hydrogens is 237 g/mol. The summed E-state index contributed by atoms with van der Waals surface area (Å²) in [6, 6.07) is 7.15. The lowest BCUT2D eigenvalue weighted by Gasteiger charge is -2.36. The molecule has 1 atom stereocenters. The number of hydrogen-bond donors (Lipinski definition) is 1. The average molecular weight is 263 g/mol. The highest BCUT2D eigenvalue weighted by Gasteiger charge is 2.30. The first-order valence-electron chi connectivity index (χ1n) is 7.01. The molecule has 0 radical (unpaired) electrons. The Morgan fingerprint density at radius 3 is 2.37 bits per heavy atom. The zero-order chi connectivity index (χ0) is 14.5. The number of rotatable bonds is 7. The van der Waals surface area contributed by atoms with Crippen molar-refractivity contribution >= 4 is 0 Å². The van der Waals surface area contributed by atoms with E-state index in [1.165, 1.54) is 17.7 Å². The average Bonchev–Trinajstić information content (AvgIpc) is 2.34. The summed E-state index contributed by atoms with van der Waals surface area (Å²) in [5, 5.41) is 3.60. The Hall–Kier alpha value is -1.15. The molecule has 0 heterocycles. The zero-order valence-corrected chi connectivity index (χ0v) is 12.6. The SMILES string of the molecule is C=C(C)CC(NCCC)C(C)(C)c1ccc(F)cc1. The molecule has 0 aromatic heterocycles. The molecular formula is C17H26FN. The fourth-order valence-electron chi connectivity index (χ4n) is 2.33. The van der Waals surface area contributed by atoms with Crippen LogP contribution >= 0.6 is 0 Å². The van der Waals surface area contributed by atoms with Crippen LogP contribution in [0.25, 0.3) is 0 Å². The maximum atomic E-state index is 13.1. The molecule has 19 heavy (non-hydrogen) atoms. The van der Waals surface area contributed by atoms with E-state index in [0.29, 0.717) is 6.04 Å². The van der Waals surface area contributed by atoms with Crippen LogP contribution in [0.1, 0.15) is 46.1 Å². The largest absolute Gasteiger partial charge is 0.313 e. The molecule has 0 amide bonds. The van der Waals surface area contributed by atoms with Crippen LogP contribution in [0.4, 0.5) is 4.39 Å². The Morgan fingerprint density at radius 1 is 1.32 bits per heavy atom. The van der Waals surface area contributed by atoms with Gasteiger partial charge in [-0.05, 0) is 44.0 Å². The molecule has 1 aromatic carbocycles. The van der Waals surface area contributed by atoms with Crippen molar-refractivity contribution in [3.05, 3.63) is 47.8 Å². The minimum Gasteiger partial charge on any atom is -0.313 e. The van der Waals surface area contributed by atoms with Crippen molar-refractivity contribution in [2.75, 3.05) is 6.54 Å². The van der Waals surface area contributed by atoms with Crippen molar-refractivity contribution in [1.82, 2.24) is 5.32 Å². The van der Waals surface area contributed by atoms with Gasteiger partial charge in [0.15, 0.2) is 0 Å². The van der Waals surface area contributed by atoms with Gasteiger partial charge in [0.25, 0.3) is 0 Å². The summed E-state index contributed by atoms with van der Waals surface area (Å²) in [7, 11) is 0. The lowest BCUT2D eigenvalue weighted by atomic mass is 9.75. The van der Waals surface area contributed by atoms with Gasteiger partial charge in [-0.3, -0.25) is 0 Å². The first kappa shape index (κ1) is 15.9. The van der Waals surface area contributed by atoms with Gasteiger partial charge in [0, 0.05) is 11.5 Å². The second-order valence-corrected chi connectivity index (χ2v) is 5.90. The third-order valence-electron chi connectivity index (χ3n) is 3.65. The number of benzene rings is 1. The summed E-state index contributed by atoms with van der Waals surface area (Å²) >= 11 is 0. The Bertz CT molecular complexity index is 406. The maximum Gasteiger partial charge on any atom is 0.123 e. The Morgan fingerprint density at radius 2 is 1.89 bits per heavy atom. The van der Waals surface area contributed by atoms with Crippen LogP contribution in [0.15, 0.2) is 36.4 Å². The topological polar surface area (TPSA) is 12.0 Å². The molecule has 106 valence electrons. The summed E-state index contributed by atoms with van der Waals surface area (Å²) in [5.41, 5.74) is 2.27. The summed E-state index contributed by atoms with van der Waals surface area (Å²) in [4.78, 5) is 0. The minimum absolute atomic E-state index is 0.0537. The van der Waals surface area contributed by atoms with Crippen LogP contribution in [0.5, 0.6) is 0 Å². The monoisotopic (exact) mass is 263 g/mol. The summed E-state index contributed by atoms with van der Waals surface area (Å²) in [6.07, 6.45) is 2.04. The van der Waals surface area contributed by atoms with Gasteiger partial charge in [-0.15, -0.1) is 6.58 Å². The van der Waals surface area contributed by atoms with Crippen molar-refractivity contribution in [2.45, 2.75) is 52.0 Å². The standard InChI is InChI=1S/C17H26FN/c1-6-11-19-16(12-13(2)3)17(4,5)14-7-9-15(18)10-8-14/h7-10,16,19H,2,6,11-12H2,1,3-5H3. The third-order valence-corrected chi connectivity index (χ3v) is 3.65. The third kappa shape index (κ3) is 4.46. The zero-order valence-electron chi connectivity index (χ0n) is 12.6. The molecule has 1 rings (SSSR count). The van der Waals surface area contributed by atoms with E-state index in [4.69, 9.17) is 0 Å². The van der Waals surface area contributed by atoms with Gasteiger partial charge in [-0.25, -0.2) is 4.39 Å². The first-order chi connectivity index (χ1) is 8.87. The van der Waals surface area contributed by atoms with Crippen LogP contribution in [0, 0.1) is 5.82 Å². The summed E-state index contributed by atoms with van der Waals surface area (Å²) in [6.45, 7) is 13.6. The molecule has 0 fully saturated rings. The van der Waals surface area contributed by atoms with Gasteiger partial charge in [0.2, 0.25) is 0 Å². The first-order valence-corrected chi connectivity index (χ1v) is 7.01. The molecule has 1 unspecified atom stereocenters. The molecule has 0 spiro atoms. The fourth-order valence-corrected chi connectivity index (χ4v) is 2.33. The predicted molar refractivity (Wildman–Crippen MR) is 80.9 cm³/mol. The smallest absolute Gasteiger partial charge is 0.123 e. The highest BCUT2D eigenvalue weighted by atomic mass is 19.1. The van der Waals surface area contributed by atoms with E-state index in [0.717, 1.165) is 24.9 Å². The van der Waals surface area contributed by atoms with Crippen molar-refractivity contribution in [3.63, 3.8) is 0 Å². The second kappa shape index (κ2) is 6.85. The summed E-state index contributed by atoms with van der Waals surface area (Å²) < 4.78 is 13.1. The van der Waals surface area contributed by atoms with Gasteiger partial charge in [-0.1, -0.05) is 38.5 Å². The highest BCUT2D eigenvalue weighted by Crippen LogP contribution is 2.30. The molecule has 0 aliphatic carbocycles. The van der Waals surface area contributed by atoms with Crippen molar-refractivity contribution in [1.29, 1.82) is 0 Å². The van der Waals surface area contributed by atoms with Gasteiger partial charge >= 0.3 is 0 Å². The Kier molecular flexibility index (Phi) is 5.74. The van der Waals surface area contributed by atoms with Crippen LogP contribution < -0.4 is 5.32 Å². The quantitative estimate of drug-likeness (QED) is 0.717. The predicted octanol–water partition coefficient (Wildman–Crippen LogP) is 4.44. The number of hydrogen-bond acceptors (Lipinski definition) is 1. The van der Waals surface area contributed by atoms with Crippen molar-refractivity contribution in [3.8, 4) is 0 Å². The van der Waals surface area contributed by atoms with Gasteiger partial charge in [-0.2, -0.15) is 0 Å². The van der Waals surface area contributed by atoms with Crippen LogP contribution in [0.2, 0.25) is 0 Å². The van der Waals surface area contributed by atoms with Crippen LogP contribution in [-0.4, -0.2) is 12.6 Å². The lowest BCUT2D eigenvalue weighted by Crippen LogP contribution is -2.45. The van der Waals surface area contributed by atoms with Crippen molar-refractivity contribution in [2.24, 2.45) is 0 Å². The van der Waals surface area contributed by atoms with Crippen molar-refractivity contribution < 1.29 is 4.39 Å². The van der Waals surface area contributed by atoms with E-state index in [9.17, 15) is 4.39 Å². The van der Waals surface area contributed by atoms with E-state index >= 15 is 0 Å². The molecule has 1 N–H and O–H groups in total. The molecule has 0 bridgehead atoms.